The lowest BCUT2D eigenvalue weighted by atomic mass is 9.89. The number of rotatable bonds is 9. The fraction of sp³-hybridized carbons (Fsp3) is 0.524. The minimum atomic E-state index is -0.681. The second-order valence-electron chi connectivity index (χ2n) is 17.0. The summed E-state index contributed by atoms with van der Waals surface area (Å²) >= 11 is 0. The number of H-pyrrole nitrogens is 2. The van der Waals surface area contributed by atoms with E-state index in [2.05, 4.69) is 50.9 Å². The SMILES string of the molecule is COC(=O)N[C@H](C(=O)N1[C@@H]2C[C@@H]2C[C@H]1c1nc2c([nH]1)CCc1cc(-c3ccc4nc([C@@H]5C[C@H]6C[C@H]6N5C(=O)[C@@H](NC(=O)OC)C(C)C)[nH]c4c3)ccc1-2)C(C)C. The predicted molar refractivity (Wildman–Crippen MR) is 207 cm³/mol. The first-order valence-electron chi connectivity index (χ1n) is 20.0. The molecule has 0 unspecified atom stereocenters. The number of aryl methyl sites for hydroxylation is 2. The summed E-state index contributed by atoms with van der Waals surface area (Å²) in [5, 5.41) is 5.51. The van der Waals surface area contributed by atoms with Crippen LogP contribution in [-0.4, -0.2) is 92.1 Å². The molecule has 4 amide bonds. The number of hydrogen-bond donors (Lipinski definition) is 4. The zero-order valence-electron chi connectivity index (χ0n) is 32.7. The fourth-order valence-corrected chi connectivity index (χ4v) is 9.58. The Morgan fingerprint density at radius 1 is 0.714 bits per heavy atom. The Balaban J connectivity index is 0.949. The number of amides is 4. The Bertz CT molecular complexity index is 2240. The zero-order valence-corrected chi connectivity index (χ0v) is 32.7. The standard InChI is InChI=1S/C42H50N8O6/c1-19(2)34(47-41(53)55-5)39(51)49-30-15-24(30)17-32(49)37-43-27-11-8-22(14-29(27)45-37)21-7-10-26-23(13-21)9-12-28-36(26)46-38(44-28)33-18-25-16-31(25)50(33)40(52)35(20(3)4)48-42(54)56-6/h7-8,10-11,13-14,19-20,24-25,30-35H,9,12,15-18H2,1-6H3,(H,43,45)(H,44,46)(H,47,53)(H,48,54)/t24-,25-,30-,31-,32+,33+,34+,35+/m1/s1. The maximum Gasteiger partial charge on any atom is 0.407 e. The van der Waals surface area contributed by atoms with E-state index in [1.165, 1.54) is 19.8 Å². The largest absolute Gasteiger partial charge is 0.453 e. The predicted octanol–water partition coefficient (Wildman–Crippen LogP) is 5.80. The summed E-state index contributed by atoms with van der Waals surface area (Å²) in [7, 11) is 2.62. The maximum absolute atomic E-state index is 13.9. The molecular weight excluding hydrogens is 713 g/mol. The average Bonchev–Trinajstić information content (AvgIpc) is 3.84. The number of benzene rings is 2. The van der Waals surface area contributed by atoms with E-state index < -0.39 is 24.3 Å². The van der Waals surface area contributed by atoms with Crippen LogP contribution in [0.3, 0.4) is 0 Å². The van der Waals surface area contributed by atoms with Gasteiger partial charge in [0.15, 0.2) is 0 Å². The van der Waals surface area contributed by atoms with Gasteiger partial charge in [-0.2, -0.15) is 0 Å². The molecule has 14 nitrogen and oxygen atoms in total. The Morgan fingerprint density at radius 2 is 1.27 bits per heavy atom. The number of aromatic nitrogens is 4. The molecule has 4 fully saturated rings. The van der Waals surface area contributed by atoms with Crippen LogP contribution < -0.4 is 10.6 Å². The van der Waals surface area contributed by atoms with Crippen molar-refractivity contribution in [2.45, 2.75) is 102 Å². The minimum absolute atomic E-state index is 0.0838. The van der Waals surface area contributed by atoms with Gasteiger partial charge in [0.05, 0.1) is 43.0 Å². The maximum atomic E-state index is 13.9. The highest BCUT2D eigenvalue weighted by atomic mass is 16.5. The van der Waals surface area contributed by atoms with E-state index in [-0.39, 0.29) is 47.8 Å². The van der Waals surface area contributed by atoms with Crippen LogP contribution in [0, 0.1) is 23.7 Å². The number of nitrogens with one attached hydrogen (secondary N) is 4. The molecule has 2 aromatic carbocycles. The summed E-state index contributed by atoms with van der Waals surface area (Å²) < 4.78 is 9.64. The van der Waals surface area contributed by atoms with Gasteiger partial charge in [-0.05, 0) is 91.0 Å². The van der Waals surface area contributed by atoms with Crippen molar-refractivity contribution in [2.24, 2.45) is 23.7 Å². The summed E-state index contributed by atoms with van der Waals surface area (Å²) in [5.74, 6) is 2.10. The van der Waals surface area contributed by atoms with Crippen LogP contribution in [0.25, 0.3) is 33.4 Å². The molecule has 9 rings (SSSR count). The first-order chi connectivity index (χ1) is 26.9. The molecule has 4 heterocycles. The number of carbonyl (C=O) groups is 4. The van der Waals surface area contributed by atoms with Crippen molar-refractivity contribution in [1.29, 1.82) is 0 Å². The summed E-state index contributed by atoms with van der Waals surface area (Å²) in [5.41, 5.74) is 8.26. The highest BCUT2D eigenvalue weighted by Crippen LogP contribution is 2.55. The van der Waals surface area contributed by atoms with Crippen LogP contribution in [0.1, 0.15) is 88.4 Å². The number of fused-ring (bicyclic) bond motifs is 6. The minimum Gasteiger partial charge on any atom is -0.453 e. The molecule has 2 saturated carbocycles. The van der Waals surface area contributed by atoms with Crippen molar-refractivity contribution >= 4 is 35.0 Å². The van der Waals surface area contributed by atoms with Gasteiger partial charge in [-0.3, -0.25) is 9.59 Å². The van der Waals surface area contributed by atoms with E-state index in [0.29, 0.717) is 11.8 Å². The molecule has 4 aromatic rings. The third-order valence-electron chi connectivity index (χ3n) is 12.8. The van der Waals surface area contributed by atoms with Gasteiger partial charge in [-0.15, -0.1) is 0 Å². The number of hydrogen-bond acceptors (Lipinski definition) is 8. The number of ether oxygens (including phenoxy) is 2. The van der Waals surface area contributed by atoms with E-state index in [9.17, 15) is 19.2 Å². The highest BCUT2D eigenvalue weighted by Gasteiger charge is 2.57. The number of carbonyl (C=O) groups excluding carboxylic acids is 4. The number of imidazole rings is 2. The molecule has 56 heavy (non-hydrogen) atoms. The van der Waals surface area contributed by atoms with Gasteiger partial charge in [0.1, 0.15) is 23.7 Å². The molecule has 0 bridgehead atoms. The number of likely N-dealkylation sites (tertiary alicyclic amines) is 2. The molecule has 8 atom stereocenters. The molecule has 3 aliphatic carbocycles. The second-order valence-corrected chi connectivity index (χ2v) is 17.0. The van der Waals surface area contributed by atoms with Gasteiger partial charge in [0.2, 0.25) is 11.8 Å². The number of alkyl carbamates (subject to hydrolysis) is 2. The zero-order chi connectivity index (χ0) is 39.2. The van der Waals surface area contributed by atoms with Gasteiger partial charge in [-0.1, -0.05) is 52.0 Å². The first kappa shape index (κ1) is 36.3. The number of nitrogens with zero attached hydrogens (tertiary/aromatic N) is 4. The van der Waals surface area contributed by atoms with Crippen LogP contribution in [-0.2, 0) is 31.9 Å². The van der Waals surface area contributed by atoms with E-state index >= 15 is 0 Å². The third kappa shape index (κ3) is 6.17. The van der Waals surface area contributed by atoms with Crippen molar-refractivity contribution in [1.82, 2.24) is 40.4 Å². The smallest absolute Gasteiger partial charge is 0.407 e. The topological polar surface area (TPSA) is 175 Å². The summed E-state index contributed by atoms with van der Waals surface area (Å²) in [6.45, 7) is 7.72. The van der Waals surface area contributed by atoms with Crippen molar-refractivity contribution < 1.29 is 28.7 Å². The second kappa shape index (κ2) is 13.7. The van der Waals surface area contributed by atoms with Gasteiger partial charge >= 0.3 is 12.2 Å². The molecule has 2 aliphatic heterocycles. The summed E-state index contributed by atoms with van der Waals surface area (Å²) in [6.07, 6.45) is 4.13. The lowest BCUT2D eigenvalue weighted by Gasteiger charge is -2.31. The normalized spacial score (nSPS) is 25.3. The summed E-state index contributed by atoms with van der Waals surface area (Å²) in [6, 6.07) is 11.4. The number of methoxy groups -OCH3 is 2. The molecule has 0 radical (unpaired) electrons. The van der Waals surface area contributed by atoms with Gasteiger partial charge in [0.25, 0.3) is 0 Å². The Hall–Kier alpha value is -5.40. The quantitative estimate of drug-likeness (QED) is 0.166. The van der Waals surface area contributed by atoms with Gasteiger partial charge in [-0.25, -0.2) is 19.6 Å². The molecule has 2 saturated heterocycles. The highest BCUT2D eigenvalue weighted by molar-refractivity contribution is 5.89. The van der Waals surface area contributed by atoms with Crippen molar-refractivity contribution in [3.8, 4) is 22.4 Å². The van der Waals surface area contributed by atoms with Crippen LogP contribution in [0.4, 0.5) is 9.59 Å². The van der Waals surface area contributed by atoms with E-state index in [0.717, 1.165) is 89.3 Å². The average molecular weight is 763 g/mol. The van der Waals surface area contributed by atoms with Crippen LogP contribution in [0.5, 0.6) is 0 Å². The molecule has 2 aromatic heterocycles. The Labute approximate surface area is 325 Å². The van der Waals surface area contributed by atoms with Crippen LogP contribution in [0.15, 0.2) is 36.4 Å². The Morgan fingerprint density at radius 3 is 1.84 bits per heavy atom. The third-order valence-corrected chi connectivity index (χ3v) is 12.8. The lowest BCUT2D eigenvalue weighted by Crippen LogP contribution is -2.52. The van der Waals surface area contributed by atoms with E-state index in [4.69, 9.17) is 19.4 Å². The first-order valence-corrected chi connectivity index (χ1v) is 20.0. The Kier molecular flexibility index (Phi) is 8.84. The lowest BCUT2D eigenvalue weighted by molar-refractivity contribution is -0.137. The van der Waals surface area contributed by atoms with Crippen LogP contribution >= 0.6 is 0 Å². The molecule has 294 valence electrons. The molecule has 4 N–H and O–H groups in total. The number of aromatic amines is 2. The molecule has 0 spiro atoms. The molecular formula is C42H50N8O6. The fourth-order valence-electron chi connectivity index (χ4n) is 9.58. The molecule has 5 aliphatic rings. The van der Waals surface area contributed by atoms with E-state index in [1.54, 1.807) is 0 Å². The monoisotopic (exact) mass is 762 g/mol. The van der Waals surface area contributed by atoms with Crippen molar-refractivity contribution in [3.63, 3.8) is 0 Å². The molecule has 14 heteroatoms. The number of piperidine rings is 2. The van der Waals surface area contributed by atoms with E-state index in [1.807, 2.05) is 43.6 Å². The van der Waals surface area contributed by atoms with Crippen molar-refractivity contribution in [2.75, 3.05) is 14.2 Å². The van der Waals surface area contributed by atoms with Gasteiger partial charge in [0, 0.05) is 23.3 Å². The van der Waals surface area contributed by atoms with Crippen LogP contribution in [0.2, 0.25) is 0 Å². The van der Waals surface area contributed by atoms with Crippen molar-refractivity contribution in [3.05, 3.63) is 59.3 Å². The van der Waals surface area contributed by atoms with Gasteiger partial charge < -0.3 is 39.9 Å². The summed E-state index contributed by atoms with van der Waals surface area (Å²) in [4.78, 5) is 73.3.